The highest BCUT2D eigenvalue weighted by Crippen LogP contribution is 2.33. The first-order valence-corrected chi connectivity index (χ1v) is 9.16. The lowest BCUT2D eigenvalue weighted by Crippen LogP contribution is -2.26. The van der Waals surface area contributed by atoms with Crippen molar-refractivity contribution in [3.63, 3.8) is 0 Å². The van der Waals surface area contributed by atoms with Crippen LogP contribution in [-0.4, -0.2) is 38.0 Å². The molecule has 0 radical (unpaired) electrons. The molecule has 0 spiro atoms. The van der Waals surface area contributed by atoms with Crippen LogP contribution in [0.1, 0.15) is 42.6 Å². The first-order valence-electron chi connectivity index (χ1n) is 9.16. The quantitative estimate of drug-likeness (QED) is 0.213. The first kappa shape index (κ1) is 19.7. The van der Waals surface area contributed by atoms with Crippen LogP contribution in [-0.2, 0) is 22.6 Å². The Morgan fingerprint density at radius 1 is 1.25 bits per heavy atom. The molecule has 28 heavy (non-hydrogen) atoms. The predicted molar refractivity (Wildman–Crippen MR) is 97.2 cm³/mol. The van der Waals surface area contributed by atoms with Gasteiger partial charge in [0.05, 0.1) is 19.4 Å². The Bertz CT molecular complexity index is 988. The molecule has 0 bridgehead atoms. The van der Waals surface area contributed by atoms with Gasteiger partial charge in [-0.3, -0.25) is 9.59 Å². The summed E-state index contributed by atoms with van der Waals surface area (Å²) < 4.78 is 21.2. The monoisotopic (exact) mass is 388 g/mol. The van der Waals surface area contributed by atoms with Crippen molar-refractivity contribution < 1.29 is 18.7 Å². The van der Waals surface area contributed by atoms with E-state index in [2.05, 4.69) is 10.4 Å². The van der Waals surface area contributed by atoms with E-state index in [1.165, 1.54) is 12.3 Å². The fraction of sp³-hybridized carbons (Fsp3) is 0.421. The summed E-state index contributed by atoms with van der Waals surface area (Å²) in [5, 5.41) is 7.47. The molecule has 0 amide bonds. The maximum Gasteiger partial charge on any atom is 0.363 e. The lowest BCUT2D eigenvalue weighted by atomic mass is 9.95. The summed E-state index contributed by atoms with van der Waals surface area (Å²) in [6, 6.07) is 3.61. The van der Waals surface area contributed by atoms with Gasteiger partial charge in [0.1, 0.15) is 11.4 Å². The lowest BCUT2D eigenvalue weighted by molar-refractivity contribution is -0.116. The number of halogens is 1. The van der Waals surface area contributed by atoms with Gasteiger partial charge in [0.15, 0.2) is 11.6 Å². The minimum absolute atomic E-state index is 0.0678. The van der Waals surface area contributed by atoms with E-state index in [4.69, 9.17) is 4.74 Å². The zero-order chi connectivity index (χ0) is 20.3. The largest absolute Gasteiger partial charge is 0.501 e. The average Bonchev–Trinajstić information content (AvgIpc) is 3.47. The van der Waals surface area contributed by atoms with E-state index in [1.807, 2.05) is 0 Å². The normalized spacial score (nSPS) is 14.2. The van der Waals surface area contributed by atoms with Gasteiger partial charge < -0.3 is 4.74 Å². The van der Waals surface area contributed by atoms with E-state index in [-0.39, 0.29) is 34.9 Å². The molecule has 1 aliphatic carbocycles. The Kier molecular flexibility index (Phi) is 5.81. The second-order valence-electron chi connectivity index (χ2n) is 6.49. The van der Waals surface area contributed by atoms with Crippen molar-refractivity contribution >= 4 is 11.6 Å². The van der Waals surface area contributed by atoms with Crippen molar-refractivity contribution in [2.24, 2.45) is 5.92 Å². The third-order valence-corrected chi connectivity index (χ3v) is 4.46. The van der Waals surface area contributed by atoms with Gasteiger partial charge in [-0.1, -0.05) is 0 Å². The third kappa shape index (κ3) is 4.08. The second kappa shape index (κ2) is 8.28. The summed E-state index contributed by atoms with van der Waals surface area (Å²) in [7, 11) is 0. The fourth-order valence-electron chi connectivity index (χ4n) is 2.78. The van der Waals surface area contributed by atoms with E-state index in [9.17, 15) is 18.8 Å². The van der Waals surface area contributed by atoms with E-state index in [1.54, 1.807) is 13.8 Å². The maximum atomic E-state index is 13.8. The molecule has 1 saturated carbocycles. The van der Waals surface area contributed by atoms with Crippen molar-refractivity contribution in [2.75, 3.05) is 6.61 Å². The van der Waals surface area contributed by atoms with Crippen LogP contribution in [0, 0.1) is 11.7 Å². The van der Waals surface area contributed by atoms with Gasteiger partial charge in [-0.2, -0.15) is 9.36 Å². The van der Waals surface area contributed by atoms with Crippen LogP contribution in [0.5, 0.6) is 0 Å². The lowest BCUT2D eigenvalue weighted by Gasteiger charge is -2.11. The van der Waals surface area contributed by atoms with Gasteiger partial charge in [-0.05, 0) is 60.9 Å². The van der Waals surface area contributed by atoms with E-state index in [0.29, 0.717) is 13.2 Å². The average molecular weight is 388 g/mol. The van der Waals surface area contributed by atoms with Crippen LogP contribution in [0.3, 0.4) is 0 Å². The van der Waals surface area contributed by atoms with Crippen LogP contribution in [0.15, 0.2) is 34.8 Å². The molecule has 0 unspecified atom stereocenters. The summed E-state index contributed by atoms with van der Waals surface area (Å²) in [4.78, 5) is 37.8. The molecule has 0 aliphatic heterocycles. The van der Waals surface area contributed by atoms with Crippen molar-refractivity contribution in [1.82, 2.24) is 19.8 Å². The number of carbonyl (C=O) groups is 2. The molecule has 1 aromatic heterocycles. The van der Waals surface area contributed by atoms with Gasteiger partial charge in [0, 0.05) is 18.0 Å². The number of aromatic nitrogens is 4. The summed E-state index contributed by atoms with van der Waals surface area (Å²) in [5.41, 5.74) is -0.174. The molecule has 0 saturated heterocycles. The molecule has 1 heterocycles. The number of nitrogens with zero attached hydrogens (tertiary/aromatic N) is 4. The van der Waals surface area contributed by atoms with Crippen LogP contribution in [0.4, 0.5) is 4.39 Å². The molecule has 2 aromatic rings. The van der Waals surface area contributed by atoms with Crippen molar-refractivity contribution in [1.29, 1.82) is 0 Å². The topological polar surface area (TPSA) is 96.1 Å². The van der Waals surface area contributed by atoms with Gasteiger partial charge in [-0.15, -0.1) is 0 Å². The van der Waals surface area contributed by atoms with Gasteiger partial charge >= 0.3 is 5.69 Å². The summed E-state index contributed by atoms with van der Waals surface area (Å²) in [6.45, 7) is 3.99. The zero-order valence-corrected chi connectivity index (χ0v) is 15.7. The van der Waals surface area contributed by atoms with Crippen LogP contribution < -0.4 is 5.69 Å². The molecule has 8 nitrogen and oxygen atoms in total. The third-order valence-electron chi connectivity index (χ3n) is 4.46. The van der Waals surface area contributed by atoms with Crippen molar-refractivity contribution in [2.45, 2.75) is 39.8 Å². The Morgan fingerprint density at radius 3 is 2.57 bits per heavy atom. The number of rotatable bonds is 9. The number of carbonyl (C=O) groups excluding carboxylic acids is 2. The molecule has 0 N–H and O–H groups in total. The molecular formula is C19H21FN4O4. The van der Waals surface area contributed by atoms with E-state index < -0.39 is 17.3 Å². The Hall–Kier alpha value is -3.10. The maximum absolute atomic E-state index is 13.8. The zero-order valence-electron chi connectivity index (χ0n) is 15.7. The molecule has 1 fully saturated rings. The highest BCUT2D eigenvalue weighted by Gasteiger charge is 2.35. The van der Waals surface area contributed by atoms with Crippen LogP contribution >= 0.6 is 0 Å². The minimum atomic E-state index is -0.564. The van der Waals surface area contributed by atoms with Crippen LogP contribution in [0.2, 0.25) is 0 Å². The molecule has 1 aromatic carbocycles. The molecule has 3 rings (SSSR count). The molecular weight excluding hydrogens is 367 g/mol. The predicted octanol–water partition coefficient (Wildman–Crippen LogP) is 1.73. The minimum Gasteiger partial charge on any atom is -0.501 e. The van der Waals surface area contributed by atoms with Crippen LogP contribution in [0.25, 0.3) is 0 Å². The summed E-state index contributed by atoms with van der Waals surface area (Å²) in [6.07, 6.45) is 2.65. The summed E-state index contributed by atoms with van der Waals surface area (Å²) in [5.74, 6) is -1.57. The molecule has 0 atom stereocenters. The van der Waals surface area contributed by atoms with Crippen molar-refractivity contribution in [3.05, 3.63) is 57.5 Å². The van der Waals surface area contributed by atoms with E-state index in [0.717, 1.165) is 34.3 Å². The Labute approximate surface area is 160 Å². The van der Waals surface area contributed by atoms with E-state index >= 15 is 0 Å². The van der Waals surface area contributed by atoms with Gasteiger partial charge in [0.2, 0.25) is 0 Å². The highest BCUT2D eigenvalue weighted by atomic mass is 19.1. The number of aryl methyl sites for hydroxylation is 1. The fourth-order valence-corrected chi connectivity index (χ4v) is 2.78. The molecule has 148 valence electrons. The number of tetrazole rings is 1. The second-order valence-corrected chi connectivity index (χ2v) is 6.49. The van der Waals surface area contributed by atoms with Crippen molar-refractivity contribution in [3.8, 4) is 0 Å². The number of hydrogen-bond donors (Lipinski definition) is 0. The highest BCUT2D eigenvalue weighted by molar-refractivity contribution is 6.27. The Balaban J connectivity index is 1.98. The Morgan fingerprint density at radius 2 is 1.96 bits per heavy atom. The number of ketones is 2. The number of Topliss-reactive ketones (excluding diaryl/α,β-unsaturated/α-hetero) is 2. The summed E-state index contributed by atoms with van der Waals surface area (Å²) >= 11 is 0. The number of hydrogen-bond acceptors (Lipinski definition) is 6. The number of benzene rings is 1. The smallest absolute Gasteiger partial charge is 0.363 e. The van der Waals surface area contributed by atoms with Gasteiger partial charge in [0.25, 0.3) is 0 Å². The standard InChI is InChI=1S/C19H21FN4O4/c1-3-23-19(27)24(22-21-23)10-13-9-14(20)7-8-15(13)18(26)16(11-28-4-2)17(25)12-5-6-12/h7-9,11-12H,3-6,10H2,1-2H3. The molecule has 9 heteroatoms. The number of allylic oxidation sites excluding steroid dienone is 1. The molecule has 1 aliphatic rings. The number of ether oxygens (including phenoxy) is 1. The first-order chi connectivity index (χ1) is 13.5. The van der Waals surface area contributed by atoms with Gasteiger partial charge in [-0.25, -0.2) is 9.18 Å². The SMILES string of the molecule is CCOC=C(C(=O)c1ccc(F)cc1Cn1nnn(CC)c1=O)C(=O)C1CC1.